The van der Waals surface area contributed by atoms with Crippen LogP contribution in [0.15, 0.2) is 59.7 Å². The van der Waals surface area contributed by atoms with Crippen LogP contribution in [0.25, 0.3) is 5.69 Å². The first kappa shape index (κ1) is 18.5. The smallest absolute Gasteiger partial charge is 0.160 e. The highest BCUT2D eigenvalue weighted by molar-refractivity contribution is 8.14. The average Bonchev–Trinajstić information content (AvgIpc) is 3.32. The van der Waals surface area contributed by atoms with Crippen LogP contribution in [0.4, 0.5) is 0 Å². The van der Waals surface area contributed by atoms with E-state index in [9.17, 15) is 0 Å². The average molecular weight is 403 g/mol. The van der Waals surface area contributed by atoms with Crippen molar-refractivity contribution in [3.05, 3.63) is 82.9 Å². The summed E-state index contributed by atoms with van der Waals surface area (Å²) in [5.41, 5.74) is 7.46. The number of aromatic nitrogens is 2. The maximum absolute atomic E-state index is 5.13. The summed E-state index contributed by atoms with van der Waals surface area (Å²) in [7, 11) is 0. The molecule has 2 aliphatic heterocycles. The van der Waals surface area contributed by atoms with E-state index in [0.29, 0.717) is 5.25 Å². The van der Waals surface area contributed by atoms with E-state index in [2.05, 4.69) is 84.6 Å². The minimum absolute atomic E-state index is 0.0395. The van der Waals surface area contributed by atoms with Crippen LogP contribution >= 0.6 is 11.8 Å². The Morgan fingerprint density at radius 2 is 1.90 bits per heavy atom. The number of fused-ring (bicyclic) bond motifs is 1. The standard InChI is InChI=1S/C24H26N4S/c1-15-8-7-9-19(12-15)28-16(2)13-20(18(28)4)23-22(21-10-5-6-11-25-21)26-24-27(23)14-17(3)29-24/h5-13,17,22-23H,14H2,1-4H3/t17-,22+,23+/m0/s1. The molecule has 0 amide bonds. The van der Waals surface area contributed by atoms with Gasteiger partial charge in [0.2, 0.25) is 0 Å². The van der Waals surface area contributed by atoms with Crippen LogP contribution in [0.3, 0.4) is 0 Å². The third kappa shape index (κ3) is 3.08. The number of nitrogens with zero attached hydrogens (tertiary/aromatic N) is 4. The van der Waals surface area contributed by atoms with Crippen LogP contribution in [-0.2, 0) is 0 Å². The Morgan fingerprint density at radius 3 is 2.66 bits per heavy atom. The first-order chi connectivity index (χ1) is 14.0. The lowest BCUT2D eigenvalue weighted by Crippen LogP contribution is -2.28. The van der Waals surface area contributed by atoms with Crippen molar-refractivity contribution < 1.29 is 0 Å². The Kier molecular flexibility index (Phi) is 4.50. The van der Waals surface area contributed by atoms with Crippen molar-refractivity contribution in [1.29, 1.82) is 0 Å². The highest BCUT2D eigenvalue weighted by Gasteiger charge is 2.44. The summed E-state index contributed by atoms with van der Waals surface area (Å²) in [6, 6.07) is 17.5. The number of benzene rings is 1. The van der Waals surface area contributed by atoms with Crippen LogP contribution in [0.1, 0.15) is 47.2 Å². The molecule has 0 radical (unpaired) electrons. The number of thioether (sulfide) groups is 1. The van der Waals surface area contributed by atoms with Gasteiger partial charge in [-0.15, -0.1) is 0 Å². The third-order valence-electron chi connectivity index (χ3n) is 5.93. The molecule has 0 unspecified atom stereocenters. The molecule has 4 heterocycles. The van der Waals surface area contributed by atoms with Crippen molar-refractivity contribution in [1.82, 2.24) is 14.5 Å². The molecule has 2 aliphatic rings. The van der Waals surface area contributed by atoms with Gasteiger partial charge in [-0.05, 0) is 62.2 Å². The van der Waals surface area contributed by atoms with Crippen LogP contribution in [0, 0.1) is 20.8 Å². The lowest BCUT2D eigenvalue weighted by molar-refractivity contribution is 0.320. The van der Waals surface area contributed by atoms with E-state index in [-0.39, 0.29) is 12.1 Å². The molecule has 0 spiro atoms. The van der Waals surface area contributed by atoms with Gasteiger partial charge in [-0.1, -0.05) is 36.9 Å². The van der Waals surface area contributed by atoms with Gasteiger partial charge >= 0.3 is 0 Å². The summed E-state index contributed by atoms with van der Waals surface area (Å²) in [5, 5.41) is 1.74. The van der Waals surface area contributed by atoms with Crippen molar-refractivity contribution >= 4 is 16.9 Å². The van der Waals surface area contributed by atoms with E-state index in [1.165, 1.54) is 33.4 Å². The molecular formula is C24H26N4S. The predicted molar refractivity (Wildman–Crippen MR) is 121 cm³/mol. The van der Waals surface area contributed by atoms with Crippen LogP contribution in [0.2, 0.25) is 0 Å². The summed E-state index contributed by atoms with van der Waals surface area (Å²) in [4.78, 5) is 12.3. The fraction of sp³-hybridized carbons (Fsp3) is 0.333. The zero-order valence-electron chi connectivity index (χ0n) is 17.3. The summed E-state index contributed by atoms with van der Waals surface area (Å²) in [5.74, 6) is 0. The van der Waals surface area contributed by atoms with E-state index in [4.69, 9.17) is 4.99 Å². The second-order valence-electron chi connectivity index (χ2n) is 8.14. The second kappa shape index (κ2) is 7.06. The minimum atomic E-state index is 0.0395. The fourth-order valence-electron chi connectivity index (χ4n) is 4.71. The molecule has 3 aromatic rings. The van der Waals surface area contributed by atoms with Gasteiger partial charge in [-0.3, -0.25) is 9.98 Å². The molecule has 4 nitrogen and oxygen atoms in total. The van der Waals surface area contributed by atoms with Gasteiger partial charge in [0.05, 0.1) is 11.7 Å². The van der Waals surface area contributed by atoms with Gasteiger partial charge in [-0.25, -0.2) is 0 Å². The molecule has 3 atom stereocenters. The topological polar surface area (TPSA) is 33.4 Å². The molecule has 0 saturated carbocycles. The van der Waals surface area contributed by atoms with Crippen LogP contribution < -0.4 is 0 Å². The minimum Gasteiger partial charge on any atom is -0.341 e. The van der Waals surface area contributed by atoms with Crippen LogP contribution in [0.5, 0.6) is 0 Å². The van der Waals surface area contributed by atoms with Crippen molar-refractivity contribution in [3.8, 4) is 5.69 Å². The Labute approximate surface area is 176 Å². The molecular weight excluding hydrogens is 376 g/mol. The monoisotopic (exact) mass is 402 g/mol. The number of hydrogen-bond donors (Lipinski definition) is 0. The molecule has 0 aliphatic carbocycles. The van der Waals surface area contributed by atoms with E-state index in [0.717, 1.165) is 12.2 Å². The van der Waals surface area contributed by atoms with E-state index in [1.807, 2.05) is 24.0 Å². The number of hydrogen-bond acceptors (Lipinski definition) is 4. The molecule has 0 bridgehead atoms. The molecule has 5 rings (SSSR count). The predicted octanol–water partition coefficient (Wildman–Crippen LogP) is 5.39. The fourth-order valence-corrected chi connectivity index (χ4v) is 5.80. The largest absolute Gasteiger partial charge is 0.341 e. The summed E-state index contributed by atoms with van der Waals surface area (Å²) in [6.07, 6.45) is 1.88. The van der Waals surface area contributed by atoms with E-state index in [1.54, 1.807) is 0 Å². The van der Waals surface area contributed by atoms with Crippen molar-refractivity contribution in [2.45, 2.75) is 45.0 Å². The normalized spacial score (nSPS) is 23.4. The molecule has 1 saturated heterocycles. The molecule has 1 fully saturated rings. The summed E-state index contributed by atoms with van der Waals surface area (Å²) < 4.78 is 2.38. The maximum Gasteiger partial charge on any atom is 0.160 e. The molecule has 1 aromatic carbocycles. The first-order valence-corrected chi connectivity index (χ1v) is 11.1. The Hall–Kier alpha value is -2.53. The zero-order chi connectivity index (χ0) is 20.1. The van der Waals surface area contributed by atoms with Crippen molar-refractivity contribution in [3.63, 3.8) is 0 Å². The van der Waals surface area contributed by atoms with Gasteiger partial charge in [0.1, 0.15) is 6.04 Å². The van der Waals surface area contributed by atoms with Gasteiger partial charge in [0.15, 0.2) is 5.17 Å². The first-order valence-electron chi connectivity index (χ1n) is 10.2. The highest BCUT2D eigenvalue weighted by atomic mass is 32.2. The van der Waals surface area contributed by atoms with Crippen molar-refractivity contribution in [2.24, 2.45) is 4.99 Å². The Balaban J connectivity index is 1.63. The van der Waals surface area contributed by atoms with Gasteiger partial charge < -0.3 is 9.47 Å². The van der Waals surface area contributed by atoms with Crippen molar-refractivity contribution in [2.75, 3.05) is 6.54 Å². The number of amidine groups is 1. The quantitative estimate of drug-likeness (QED) is 0.589. The molecule has 0 N–H and O–H groups in total. The highest BCUT2D eigenvalue weighted by Crippen LogP contribution is 2.48. The zero-order valence-corrected chi connectivity index (χ0v) is 18.1. The van der Waals surface area contributed by atoms with Gasteiger partial charge in [-0.2, -0.15) is 0 Å². The molecule has 5 heteroatoms. The number of pyridine rings is 1. The second-order valence-corrected chi connectivity index (χ2v) is 9.54. The maximum atomic E-state index is 5.13. The SMILES string of the molecule is Cc1cccc(-n2c(C)cc([C@@H]3[C@@H](c4ccccn4)N=C4S[C@@H](C)CN43)c2C)c1. The summed E-state index contributed by atoms with van der Waals surface area (Å²) >= 11 is 1.89. The number of rotatable bonds is 3. The van der Waals surface area contributed by atoms with E-state index < -0.39 is 0 Å². The Morgan fingerprint density at radius 1 is 1.03 bits per heavy atom. The molecule has 29 heavy (non-hydrogen) atoms. The third-order valence-corrected chi connectivity index (χ3v) is 7.03. The van der Waals surface area contributed by atoms with Gasteiger partial charge in [0, 0.05) is 35.1 Å². The summed E-state index contributed by atoms with van der Waals surface area (Å²) in [6.45, 7) is 9.91. The van der Waals surface area contributed by atoms with Gasteiger partial charge in [0.25, 0.3) is 0 Å². The lowest BCUT2D eigenvalue weighted by atomic mass is 9.96. The van der Waals surface area contributed by atoms with Crippen LogP contribution in [-0.4, -0.2) is 31.4 Å². The number of aliphatic imine (C=N–C) groups is 1. The number of aryl methyl sites for hydroxylation is 2. The molecule has 2 aromatic heterocycles. The Bertz CT molecular complexity index is 1090. The van der Waals surface area contributed by atoms with E-state index >= 15 is 0 Å². The lowest BCUT2D eigenvalue weighted by Gasteiger charge is -2.27. The molecule has 148 valence electrons.